The molecular weight excluding hydrogens is 178 g/mol. The lowest BCUT2D eigenvalue weighted by Crippen LogP contribution is -2.36. The first-order valence-electron chi connectivity index (χ1n) is 4.17. The number of carbonyl (C=O) groups excluding carboxylic acids is 1. The summed E-state index contributed by atoms with van der Waals surface area (Å²) in [5, 5.41) is 0. The molecule has 1 rings (SSSR count). The standard InChI is InChI=1S/C8H14ClNO2/c1-3-4-6-5-8(6,10-9)7(11)12-2/h6,10H,3-5H2,1-2H3/t6-,8-/m1/s1. The lowest BCUT2D eigenvalue weighted by atomic mass is 10.1. The Hall–Kier alpha value is -0.280. The number of esters is 1. The van der Waals surface area contributed by atoms with Crippen LogP contribution in [-0.4, -0.2) is 18.6 Å². The van der Waals surface area contributed by atoms with Gasteiger partial charge in [0.15, 0.2) is 0 Å². The number of carbonyl (C=O) groups is 1. The van der Waals surface area contributed by atoms with Crippen molar-refractivity contribution < 1.29 is 9.53 Å². The Morgan fingerprint density at radius 1 is 1.83 bits per heavy atom. The lowest BCUT2D eigenvalue weighted by molar-refractivity contribution is -0.144. The zero-order valence-electron chi connectivity index (χ0n) is 7.39. The monoisotopic (exact) mass is 191 g/mol. The molecule has 12 heavy (non-hydrogen) atoms. The molecule has 0 aliphatic heterocycles. The van der Waals surface area contributed by atoms with Crippen LogP contribution in [0.15, 0.2) is 0 Å². The minimum Gasteiger partial charge on any atom is -0.468 e. The van der Waals surface area contributed by atoms with E-state index in [1.54, 1.807) is 0 Å². The van der Waals surface area contributed by atoms with Crippen molar-refractivity contribution in [2.75, 3.05) is 7.11 Å². The molecule has 0 heterocycles. The van der Waals surface area contributed by atoms with E-state index in [4.69, 9.17) is 11.8 Å². The molecular formula is C8H14ClNO2. The van der Waals surface area contributed by atoms with Crippen LogP contribution in [0.3, 0.4) is 0 Å². The third-order valence-electron chi connectivity index (χ3n) is 2.46. The van der Waals surface area contributed by atoms with Gasteiger partial charge < -0.3 is 4.74 Å². The molecule has 1 aliphatic carbocycles. The number of nitrogens with one attached hydrogen (secondary N) is 1. The zero-order chi connectivity index (χ0) is 9.19. The summed E-state index contributed by atoms with van der Waals surface area (Å²) in [4.78, 5) is 13.8. The average Bonchev–Trinajstić information content (AvgIpc) is 2.79. The maximum absolute atomic E-state index is 11.2. The largest absolute Gasteiger partial charge is 0.468 e. The molecule has 0 spiro atoms. The van der Waals surface area contributed by atoms with Crippen molar-refractivity contribution in [1.82, 2.24) is 4.84 Å². The number of hydrogen-bond acceptors (Lipinski definition) is 3. The van der Waals surface area contributed by atoms with E-state index in [9.17, 15) is 4.79 Å². The van der Waals surface area contributed by atoms with Crippen LogP contribution in [0.5, 0.6) is 0 Å². The van der Waals surface area contributed by atoms with Crippen LogP contribution in [0.1, 0.15) is 26.2 Å². The molecule has 2 atom stereocenters. The highest BCUT2D eigenvalue weighted by molar-refractivity contribution is 6.16. The van der Waals surface area contributed by atoms with E-state index in [2.05, 4.69) is 16.5 Å². The maximum Gasteiger partial charge on any atom is 0.327 e. The molecule has 1 saturated carbocycles. The normalized spacial score (nSPS) is 33.1. The van der Waals surface area contributed by atoms with Crippen LogP contribution in [-0.2, 0) is 9.53 Å². The van der Waals surface area contributed by atoms with Crippen molar-refractivity contribution >= 4 is 17.7 Å². The SMILES string of the molecule is CCC[C@@H]1C[C@]1(NCl)C(=O)OC. The van der Waals surface area contributed by atoms with Crippen molar-refractivity contribution in [3.63, 3.8) is 0 Å². The van der Waals surface area contributed by atoms with Crippen LogP contribution < -0.4 is 4.84 Å². The van der Waals surface area contributed by atoms with Gasteiger partial charge in [-0.25, -0.2) is 4.84 Å². The Kier molecular flexibility index (Phi) is 2.96. The number of halogens is 1. The summed E-state index contributed by atoms with van der Waals surface area (Å²) in [6, 6.07) is 0. The van der Waals surface area contributed by atoms with Crippen LogP contribution in [0.25, 0.3) is 0 Å². The van der Waals surface area contributed by atoms with Crippen LogP contribution >= 0.6 is 11.8 Å². The first-order chi connectivity index (χ1) is 5.71. The average molecular weight is 192 g/mol. The van der Waals surface area contributed by atoms with Gasteiger partial charge in [0, 0.05) is 0 Å². The second-order valence-electron chi connectivity index (χ2n) is 3.25. The maximum atomic E-state index is 11.2. The number of methoxy groups -OCH3 is 1. The molecule has 0 unspecified atom stereocenters. The minimum absolute atomic E-state index is 0.240. The van der Waals surface area contributed by atoms with Gasteiger partial charge in [-0.05, 0) is 30.5 Å². The molecule has 0 radical (unpaired) electrons. The minimum atomic E-state index is -0.577. The lowest BCUT2D eigenvalue weighted by Gasteiger charge is -2.11. The van der Waals surface area contributed by atoms with E-state index in [0.29, 0.717) is 5.92 Å². The molecule has 1 fully saturated rings. The summed E-state index contributed by atoms with van der Waals surface area (Å²) in [6.07, 6.45) is 2.90. The van der Waals surface area contributed by atoms with Crippen molar-refractivity contribution in [3.05, 3.63) is 0 Å². The van der Waals surface area contributed by atoms with Gasteiger partial charge in [-0.2, -0.15) is 0 Å². The Morgan fingerprint density at radius 3 is 2.92 bits per heavy atom. The molecule has 0 aromatic heterocycles. The predicted molar refractivity (Wildman–Crippen MR) is 46.8 cm³/mol. The van der Waals surface area contributed by atoms with Crippen LogP contribution in [0.2, 0.25) is 0 Å². The Labute approximate surface area is 77.5 Å². The molecule has 0 bridgehead atoms. The summed E-state index contributed by atoms with van der Waals surface area (Å²) in [7, 11) is 1.39. The Bertz CT molecular complexity index is 186. The van der Waals surface area contributed by atoms with Gasteiger partial charge in [-0.1, -0.05) is 13.3 Å². The van der Waals surface area contributed by atoms with Crippen molar-refractivity contribution in [2.24, 2.45) is 5.92 Å². The van der Waals surface area contributed by atoms with Crippen molar-refractivity contribution in [1.29, 1.82) is 0 Å². The first-order valence-corrected chi connectivity index (χ1v) is 4.55. The third-order valence-corrected chi connectivity index (χ3v) is 2.80. The van der Waals surface area contributed by atoms with Gasteiger partial charge in [0.05, 0.1) is 7.11 Å². The summed E-state index contributed by atoms with van der Waals surface area (Å²) in [5.74, 6) is 0.114. The van der Waals surface area contributed by atoms with Gasteiger partial charge >= 0.3 is 5.97 Å². The highest BCUT2D eigenvalue weighted by atomic mass is 35.5. The third kappa shape index (κ3) is 1.43. The second kappa shape index (κ2) is 3.62. The molecule has 1 aliphatic rings. The highest BCUT2D eigenvalue weighted by Gasteiger charge is 2.60. The van der Waals surface area contributed by atoms with Crippen LogP contribution in [0.4, 0.5) is 0 Å². The number of rotatable bonds is 4. The number of hydrogen-bond donors (Lipinski definition) is 1. The fraction of sp³-hybridized carbons (Fsp3) is 0.875. The highest BCUT2D eigenvalue weighted by Crippen LogP contribution is 2.47. The van der Waals surface area contributed by atoms with Gasteiger partial charge in [0.2, 0.25) is 0 Å². The number of ether oxygens (including phenoxy) is 1. The summed E-state index contributed by atoms with van der Waals surface area (Å²) >= 11 is 5.51. The van der Waals surface area contributed by atoms with E-state index in [1.165, 1.54) is 7.11 Å². The van der Waals surface area contributed by atoms with Crippen LogP contribution in [0, 0.1) is 5.92 Å². The summed E-state index contributed by atoms with van der Waals surface area (Å²) < 4.78 is 4.66. The summed E-state index contributed by atoms with van der Waals surface area (Å²) in [6.45, 7) is 2.09. The molecule has 1 N–H and O–H groups in total. The molecule has 0 saturated heterocycles. The molecule has 0 aromatic rings. The summed E-state index contributed by atoms with van der Waals surface area (Å²) in [5.41, 5.74) is -0.577. The molecule has 3 nitrogen and oxygen atoms in total. The van der Waals surface area contributed by atoms with E-state index in [0.717, 1.165) is 19.3 Å². The smallest absolute Gasteiger partial charge is 0.327 e. The fourth-order valence-corrected chi connectivity index (χ4v) is 1.92. The van der Waals surface area contributed by atoms with E-state index < -0.39 is 5.54 Å². The Morgan fingerprint density at radius 2 is 2.50 bits per heavy atom. The Balaban J connectivity index is 2.52. The van der Waals surface area contributed by atoms with Gasteiger partial charge in [0.1, 0.15) is 5.54 Å². The van der Waals surface area contributed by atoms with Crippen molar-refractivity contribution in [2.45, 2.75) is 31.7 Å². The molecule has 0 aromatic carbocycles. The van der Waals surface area contributed by atoms with E-state index in [-0.39, 0.29) is 5.97 Å². The molecule has 4 heteroatoms. The van der Waals surface area contributed by atoms with Gasteiger partial charge in [0.25, 0.3) is 0 Å². The van der Waals surface area contributed by atoms with Gasteiger partial charge in [-0.3, -0.25) is 4.79 Å². The van der Waals surface area contributed by atoms with E-state index in [1.807, 2.05) is 0 Å². The predicted octanol–water partition coefficient (Wildman–Crippen LogP) is 1.46. The quantitative estimate of drug-likeness (QED) is 0.540. The second-order valence-corrected chi connectivity index (χ2v) is 3.44. The molecule has 70 valence electrons. The molecule has 0 amide bonds. The first kappa shape index (κ1) is 9.81. The topological polar surface area (TPSA) is 38.3 Å². The zero-order valence-corrected chi connectivity index (χ0v) is 8.15. The van der Waals surface area contributed by atoms with Crippen molar-refractivity contribution in [3.8, 4) is 0 Å². The van der Waals surface area contributed by atoms with Gasteiger partial charge in [-0.15, -0.1) is 0 Å². The fourth-order valence-electron chi connectivity index (χ4n) is 1.61. The van der Waals surface area contributed by atoms with E-state index >= 15 is 0 Å².